The smallest absolute Gasteiger partial charge is 0.310 e. The molecule has 1 N–H and O–H groups in total. The van der Waals surface area contributed by atoms with Gasteiger partial charge in [-0.15, -0.1) is 0 Å². The first-order valence-electron chi connectivity index (χ1n) is 8.07. The molecule has 0 saturated carbocycles. The Kier molecular flexibility index (Phi) is 4.79. The number of carbonyl (C=O) groups is 1. The Bertz CT molecular complexity index is 925. The van der Waals surface area contributed by atoms with Gasteiger partial charge in [-0.05, 0) is 43.7 Å². The van der Waals surface area contributed by atoms with Crippen molar-refractivity contribution in [3.63, 3.8) is 0 Å². The summed E-state index contributed by atoms with van der Waals surface area (Å²) in [4.78, 5) is 28.2. The first kappa shape index (κ1) is 16.7. The van der Waals surface area contributed by atoms with Gasteiger partial charge >= 0.3 is 5.97 Å². The maximum atomic E-state index is 12.5. The molecule has 0 aliphatic carbocycles. The second-order valence-electron chi connectivity index (χ2n) is 5.64. The predicted molar refractivity (Wildman–Crippen MR) is 94.7 cm³/mol. The summed E-state index contributed by atoms with van der Waals surface area (Å²) in [5.74, 6) is -0.262. The quantitative estimate of drug-likeness (QED) is 0.726. The monoisotopic (exact) mass is 337 g/mol. The second-order valence-corrected chi connectivity index (χ2v) is 5.64. The van der Waals surface area contributed by atoms with Crippen molar-refractivity contribution in [2.45, 2.75) is 20.3 Å². The third kappa shape index (κ3) is 3.52. The van der Waals surface area contributed by atoms with Crippen molar-refractivity contribution in [1.29, 1.82) is 0 Å². The van der Waals surface area contributed by atoms with Crippen molar-refractivity contribution in [3.8, 4) is 16.9 Å². The topological polar surface area (TPSA) is 77.0 Å². The number of aromatic nitrogens is 3. The fourth-order valence-electron chi connectivity index (χ4n) is 2.64. The molecule has 0 aliphatic heterocycles. The molecule has 0 saturated heterocycles. The van der Waals surface area contributed by atoms with Crippen molar-refractivity contribution in [2.24, 2.45) is 0 Å². The van der Waals surface area contributed by atoms with E-state index in [0.29, 0.717) is 17.9 Å². The summed E-state index contributed by atoms with van der Waals surface area (Å²) in [5.41, 5.74) is 3.66. The SMILES string of the molecule is CCOC(=O)Cc1ccc(-n2[nH]c(-c3cccnc3)c(C)c2=O)cc1. The lowest BCUT2D eigenvalue weighted by molar-refractivity contribution is -0.142. The molecule has 0 aliphatic rings. The molecule has 25 heavy (non-hydrogen) atoms. The molecule has 0 spiro atoms. The van der Waals surface area contributed by atoms with Crippen LogP contribution in [0, 0.1) is 6.92 Å². The van der Waals surface area contributed by atoms with Crippen LogP contribution in [0.5, 0.6) is 0 Å². The Balaban J connectivity index is 1.90. The van der Waals surface area contributed by atoms with Crippen LogP contribution in [-0.4, -0.2) is 27.3 Å². The molecule has 6 heteroatoms. The molecule has 0 atom stereocenters. The summed E-state index contributed by atoms with van der Waals surface area (Å²) in [6.07, 6.45) is 3.62. The van der Waals surface area contributed by atoms with Gasteiger partial charge in [0.1, 0.15) is 0 Å². The Morgan fingerprint density at radius 3 is 2.64 bits per heavy atom. The average Bonchev–Trinajstić information content (AvgIpc) is 2.92. The van der Waals surface area contributed by atoms with Gasteiger partial charge in [-0.2, -0.15) is 0 Å². The van der Waals surface area contributed by atoms with E-state index in [1.54, 1.807) is 38.4 Å². The Morgan fingerprint density at radius 2 is 2.00 bits per heavy atom. The lowest BCUT2D eigenvalue weighted by Crippen LogP contribution is -2.15. The van der Waals surface area contributed by atoms with E-state index in [4.69, 9.17) is 4.74 Å². The fourth-order valence-corrected chi connectivity index (χ4v) is 2.64. The van der Waals surface area contributed by atoms with Gasteiger partial charge in [0.15, 0.2) is 0 Å². The largest absolute Gasteiger partial charge is 0.466 e. The van der Waals surface area contributed by atoms with Gasteiger partial charge in [0, 0.05) is 23.5 Å². The molecule has 0 amide bonds. The molecule has 1 aromatic carbocycles. The molecule has 6 nitrogen and oxygen atoms in total. The molecule has 0 bridgehead atoms. The zero-order valence-corrected chi connectivity index (χ0v) is 14.2. The number of pyridine rings is 1. The molecule has 0 fully saturated rings. The zero-order valence-electron chi connectivity index (χ0n) is 14.2. The maximum Gasteiger partial charge on any atom is 0.310 e. The van der Waals surface area contributed by atoms with Crippen molar-refractivity contribution < 1.29 is 9.53 Å². The van der Waals surface area contributed by atoms with E-state index in [1.807, 2.05) is 24.3 Å². The summed E-state index contributed by atoms with van der Waals surface area (Å²) in [7, 11) is 0. The Morgan fingerprint density at radius 1 is 1.24 bits per heavy atom. The van der Waals surface area contributed by atoms with Gasteiger partial charge < -0.3 is 4.74 Å². The van der Waals surface area contributed by atoms with Crippen molar-refractivity contribution >= 4 is 5.97 Å². The molecule has 128 valence electrons. The number of benzene rings is 1. The van der Waals surface area contributed by atoms with Crippen LogP contribution in [0.1, 0.15) is 18.1 Å². The number of carbonyl (C=O) groups excluding carboxylic acids is 1. The minimum absolute atomic E-state index is 0.114. The van der Waals surface area contributed by atoms with Crippen LogP contribution in [0.4, 0.5) is 0 Å². The van der Waals surface area contributed by atoms with E-state index in [2.05, 4.69) is 10.1 Å². The van der Waals surface area contributed by atoms with Crippen molar-refractivity contribution in [2.75, 3.05) is 6.61 Å². The molecule has 2 heterocycles. The number of ether oxygens (including phenoxy) is 1. The minimum atomic E-state index is -0.262. The number of hydrogen-bond donors (Lipinski definition) is 1. The van der Waals surface area contributed by atoms with Crippen LogP contribution < -0.4 is 5.56 Å². The number of H-pyrrole nitrogens is 1. The van der Waals surface area contributed by atoms with Gasteiger partial charge in [-0.1, -0.05) is 12.1 Å². The first-order valence-corrected chi connectivity index (χ1v) is 8.07. The van der Waals surface area contributed by atoms with Crippen LogP contribution >= 0.6 is 0 Å². The highest BCUT2D eigenvalue weighted by Gasteiger charge is 2.13. The normalized spacial score (nSPS) is 10.6. The lowest BCUT2D eigenvalue weighted by atomic mass is 10.1. The van der Waals surface area contributed by atoms with E-state index in [-0.39, 0.29) is 17.9 Å². The van der Waals surface area contributed by atoms with E-state index in [0.717, 1.165) is 16.8 Å². The predicted octanol–water partition coefficient (Wildman–Crippen LogP) is 2.64. The number of hydrogen-bond acceptors (Lipinski definition) is 4. The summed E-state index contributed by atoms with van der Waals surface area (Å²) in [6, 6.07) is 11.0. The molecular formula is C19H19N3O3. The average molecular weight is 337 g/mol. The molecule has 2 aromatic heterocycles. The Hall–Kier alpha value is -3.15. The summed E-state index contributed by atoms with van der Waals surface area (Å²) >= 11 is 0. The third-order valence-corrected chi connectivity index (χ3v) is 3.92. The van der Waals surface area contributed by atoms with Crippen LogP contribution in [-0.2, 0) is 16.0 Å². The first-order chi connectivity index (χ1) is 12.1. The van der Waals surface area contributed by atoms with Gasteiger partial charge in [0.05, 0.1) is 24.4 Å². The third-order valence-electron chi connectivity index (χ3n) is 3.92. The van der Waals surface area contributed by atoms with E-state index in [9.17, 15) is 9.59 Å². The van der Waals surface area contributed by atoms with E-state index in [1.165, 1.54) is 4.68 Å². The molecule has 0 unspecified atom stereocenters. The number of nitrogens with one attached hydrogen (secondary N) is 1. The molecule has 3 aromatic rings. The van der Waals surface area contributed by atoms with Crippen molar-refractivity contribution in [1.82, 2.24) is 14.8 Å². The number of esters is 1. The standard InChI is InChI=1S/C19H19N3O3/c1-3-25-17(23)11-14-6-8-16(9-7-14)22-19(24)13(2)18(21-22)15-5-4-10-20-12-15/h4-10,12,21H,3,11H2,1-2H3. The highest BCUT2D eigenvalue weighted by molar-refractivity contribution is 5.72. The van der Waals surface area contributed by atoms with Crippen molar-refractivity contribution in [3.05, 3.63) is 70.3 Å². The van der Waals surface area contributed by atoms with E-state index < -0.39 is 0 Å². The van der Waals surface area contributed by atoms with Crippen LogP contribution in [0.2, 0.25) is 0 Å². The molecule has 0 radical (unpaired) electrons. The minimum Gasteiger partial charge on any atom is -0.466 e. The van der Waals surface area contributed by atoms with Gasteiger partial charge in [0.25, 0.3) is 5.56 Å². The summed E-state index contributed by atoms with van der Waals surface area (Å²) in [5, 5.41) is 3.14. The second kappa shape index (κ2) is 7.17. The maximum absolute atomic E-state index is 12.5. The summed E-state index contributed by atoms with van der Waals surface area (Å²) in [6.45, 7) is 3.93. The van der Waals surface area contributed by atoms with Crippen LogP contribution in [0.3, 0.4) is 0 Å². The molecular weight excluding hydrogens is 318 g/mol. The van der Waals surface area contributed by atoms with Gasteiger partial charge in [-0.3, -0.25) is 19.7 Å². The fraction of sp³-hybridized carbons (Fsp3) is 0.211. The van der Waals surface area contributed by atoms with Crippen LogP contribution in [0.25, 0.3) is 16.9 Å². The number of rotatable bonds is 5. The van der Waals surface area contributed by atoms with Crippen LogP contribution in [0.15, 0.2) is 53.6 Å². The Labute approximate surface area is 145 Å². The highest BCUT2D eigenvalue weighted by Crippen LogP contribution is 2.19. The molecule has 3 rings (SSSR count). The number of nitrogens with zero attached hydrogens (tertiary/aromatic N) is 2. The highest BCUT2D eigenvalue weighted by atomic mass is 16.5. The zero-order chi connectivity index (χ0) is 17.8. The van der Waals surface area contributed by atoms with Gasteiger partial charge in [-0.25, -0.2) is 4.68 Å². The van der Waals surface area contributed by atoms with E-state index >= 15 is 0 Å². The lowest BCUT2D eigenvalue weighted by Gasteiger charge is -2.05. The summed E-state index contributed by atoms with van der Waals surface area (Å²) < 4.78 is 6.43. The van der Waals surface area contributed by atoms with Gasteiger partial charge in [0.2, 0.25) is 0 Å². The number of aromatic amines is 1.